The number of allylic oxidation sites excluding steroid dienone is 8. The number of hydrogen-bond acceptors (Lipinski definition) is 0. The second kappa shape index (κ2) is 6.05. The van der Waals surface area contributed by atoms with Gasteiger partial charge in [0.05, 0.1) is 4.87 Å². The topological polar surface area (TPSA) is 0 Å². The van der Waals surface area contributed by atoms with Crippen molar-refractivity contribution in [1.29, 1.82) is 0 Å². The largest absolute Gasteiger partial charge is 0.114 e. The Morgan fingerprint density at radius 2 is 1.83 bits per heavy atom. The van der Waals surface area contributed by atoms with Gasteiger partial charge in [-0.1, -0.05) is 54.9 Å². The van der Waals surface area contributed by atoms with E-state index in [4.69, 9.17) is 11.6 Å². The van der Waals surface area contributed by atoms with Crippen molar-refractivity contribution in [2.75, 3.05) is 0 Å². The predicted octanol–water partition coefficient (Wildman–Crippen LogP) is 4.92. The summed E-state index contributed by atoms with van der Waals surface area (Å²) in [6, 6.07) is 0. The van der Waals surface area contributed by atoms with E-state index < -0.39 is 0 Å². The minimum Gasteiger partial charge on any atom is -0.114 e. The first-order chi connectivity index (χ1) is 8.31. The Balaban J connectivity index is 0.00000120. The van der Waals surface area contributed by atoms with Gasteiger partial charge in [-0.15, -0.1) is 11.6 Å². The van der Waals surface area contributed by atoms with E-state index in [0.717, 1.165) is 19.3 Å². The Morgan fingerprint density at radius 1 is 1.06 bits per heavy atom. The van der Waals surface area contributed by atoms with Crippen molar-refractivity contribution < 1.29 is 25.8 Å². The average Bonchev–Trinajstić information content (AvgIpc) is 3.03. The zero-order chi connectivity index (χ0) is 11.7. The fourth-order valence-corrected chi connectivity index (χ4v) is 4.00. The first-order valence-electron chi connectivity index (χ1n) is 6.71. The molecule has 0 heterocycles. The van der Waals surface area contributed by atoms with Crippen LogP contribution in [0, 0.1) is 5.92 Å². The second-order valence-electron chi connectivity index (χ2n) is 5.36. The van der Waals surface area contributed by atoms with Gasteiger partial charge >= 0.3 is 0 Å². The van der Waals surface area contributed by atoms with Gasteiger partial charge in [-0.25, -0.2) is 0 Å². The van der Waals surface area contributed by atoms with Gasteiger partial charge in [-0.3, -0.25) is 0 Å². The summed E-state index contributed by atoms with van der Waals surface area (Å²) in [6.45, 7) is 0. The monoisotopic (exact) mass is 426 g/mol. The van der Waals surface area contributed by atoms with Crippen molar-refractivity contribution in [3.63, 3.8) is 0 Å². The maximum absolute atomic E-state index is 7.05. The molecule has 3 aliphatic carbocycles. The molecule has 2 unspecified atom stereocenters. The Morgan fingerprint density at radius 3 is 2.50 bits per heavy atom. The van der Waals surface area contributed by atoms with Crippen LogP contribution in [0.5, 0.6) is 0 Å². The molecule has 0 aromatic rings. The Hall–Kier alpha value is 0.120. The van der Waals surface area contributed by atoms with Crippen LogP contribution < -0.4 is 0 Å². The van der Waals surface area contributed by atoms with Crippen molar-refractivity contribution in [2.24, 2.45) is 5.92 Å². The SMILES string of the molecule is ClC1(C2=CC=CC2)CCCCC1C1=CC=CC1.[Hf]. The fourth-order valence-electron chi connectivity index (χ4n) is 3.48. The van der Waals surface area contributed by atoms with E-state index in [1.165, 1.54) is 24.8 Å². The third kappa shape index (κ3) is 2.54. The van der Waals surface area contributed by atoms with E-state index in [9.17, 15) is 0 Å². The quantitative estimate of drug-likeness (QED) is 0.435. The molecule has 1 saturated carbocycles. The first-order valence-corrected chi connectivity index (χ1v) is 7.09. The molecule has 0 bridgehead atoms. The standard InChI is InChI=1S/C16H19Cl.Hf/c17-16(14-9-3-4-10-14)12-6-5-11-15(16)13-7-1-2-8-13;/h1-4,7,9,15H,5-6,8,10-12H2;. The van der Waals surface area contributed by atoms with Crippen LogP contribution >= 0.6 is 11.6 Å². The molecule has 94 valence electrons. The van der Waals surface area contributed by atoms with Crippen molar-refractivity contribution in [1.82, 2.24) is 0 Å². The maximum atomic E-state index is 7.05. The summed E-state index contributed by atoms with van der Waals surface area (Å²) in [7, 11) is 0. The van der Waals surface area contributed by atoms with Gasteiger partial charge in [0.15, 0.2) is 0 Å². The molecule has 0 amide bonds. The molecule has 0 aromatic heterocycles. The molecule has 0 aromatic carbocycles. The first kappa shape index (κ1) is 14.5. The molecule has 3 aliphatic rings. The van der Waals surface area contributed by atoms with Gasteiger partial charge < -0.3 is 0 Å². The molecule has 0 spiro atoms. The van der Waals surface area contributed by atoms with Crippen LogP contribution in [0.3, 0.4) is 0 Å². The summed E-state index contributed by atoms with van der Waals surface area (Å²) in [5.74, 6) is 0.555. The zero-order valence-corrected chi connectivity index (χ0v) is 15.0. The van der Waals surface area contributed by atoms with Gasteiger partial charge in [-0.05, 0) is 31.3 Å². The molecular formula is C16H19ClHf. The van der Waals surface area contributed by atoms with Crippen molar-refractivity contribution >= 4 is 11.6 Å². The smallest absolute Gasteiger partial charge is 0.0726 e. The molecule has 2 atom stereocenters. The van der Waals surface area contributed by atoms with E-state index in [-0.39, 0.29) is 30.7 Å². The van der Waals surface area contributed by atoms with Crippen LogP contribution in [0.15, 0.2) is 47.6 Å². The maximum Gasteiger partial charge on any atom is 0.0726 e. The average molecular weight is 425 g/mol. The summed E-state index contributed by atoms with van der Waals surface area (Å²) in [5.41, 5.74) is 2.99. The second-order valence-corrected chi connectivity index (χ2v) is 6.03. The van der Waals surface area contributed by atoms with Crippen LogP contribution in [0.25, 0.3) is 0 Å². The zero-order valence-electron chi connectivity index (χ0n) is 10.7. The third-order valence-electron chi connectivity index (χ3n) is 4.39. The third-order valence-corrected chi connectivity index (χ3v) is 5.08. The minimum atomic E-state index is -0.0976. The molecule has 0 nitrogen and oxygen atoms in total. The van der Waals surface area contributed by atoms with Crippen molar-refractivity contribution in [3.05, 3.63) is 47.6 Å². The molecule has 3 rings (SSSR count). The number of halogens is 1. The van der Waals surface area contributed by atoms with E-state index in [1.54, 1.807) is 5.57 Å². The molecule has 0 N–H and O–H groups in total. The van der Waals surface area contributed by atoms with Crippen LogP contribution in [-0.2, 0) is 25.8 Å². The molecule has 2 heteroatoms. The normalized spacial score (nSPS) is 34.2. The predicted molar refractivity (Wildman–Crippen MR) is 74.2 cm³/mol. The van der Waals surface area contributed by atoms with Gasteiger partial charge in [-0.2, -0.15) is 0 Å². The molecule has 0 aliphatic heterocycles. The van der Waals surface area contributed by atoms with Gasteiger partial charge in [0, 0.05) is 31.8 Å². The van der Waals surface area contributed by atoms with Gasteiger partial charge in [0.25, 0.3) is 0 Å². The summed E-state index contributed by atoms with van der Waals surface area (Å²) >= 11 is 7.05. The molecule has 0 saturated heterocycles. The van der Waals surface area contributed by atoms with Crippen molar-refractivity contribution in [2.45, 2.75) is 43.4 Å². The minimum absolute atomic E-state index is 0. The van der Waals surface area contributed by atoms with Gasteiger partial charge in [0.1, 0.15) is 0 Å². The van der Waals surface area contributed by atoms with E-state index >= 15 is 0 Å². The van der Waals surface area contributed by atoms with Crippen LogP contribution in [0.4, 0.5) is 0 Å². The Kier molecular flexibility index (Phi) is 4.88. The van der Waals surface area contributed by atoms with Crippen LogP contribution in [0.2, 0.25) is 0 Å². The molecular weight excluding hydrogens is 406 g/mol. The van der Waals surface area contributed by atoms with E-state index in [1.807, 2.05) is 0 Å². The van der Waals surface area contributed by atoms with Crippen molar-refractivity contribution in [3.8, 4) is 0 Å². The van der Waals surface area contributed by atoms with E-state index in [2.05, 4.69) is 36.5 Å². The Labute approximate surface area is 134 Å². The number of hydrogen-bond donors (Lipinski definition) is 0. The van der Waals surface area contributed by atoms with E-state index in [0.29, 0.717) is 5.92 Å². The molecule has 1 fully saturated rings. The summed E-state index contributed by atoms with van der Waals surface area (Å²) in [6.07, 6.45) is 20.5. The Bertz CT molecular complexity index is 430. The van der Waals surface area contributed by atoms with Crippen LogP contribution in [-0.4, -0.2) is 4.87 Å². The van der Waals surface area contributed by atoms with Crippen LogP contribution in [0.1, 0.15) is 38.5 Å². The summed E-state index contributed by atoms with van der Waals surface area (Å²) < 4.78 is 0. The molecule has 18 heavy (non-hydrogen) atoms. The number of alkyl halides is 1. The summed E-state index contributed by atoms with van der Waals surface area (Å²) in [5, 5.41) is 0. The molecule has 0 radical (unpaired) electrons. The number of rotatable bonds is 2. The van der Waals surface area contributed by atoms with Gasteiger partial charge in [0.2, 0.25) is 0 Å². The summed E-state index contributed by atoms with van der Waals surface area (Å²) in [4.78, 5) is -0.0976. The fraction of sp³-hybridized carbons (Fsp3) is 0.500.